The third-order valence-corrected chi connectivity index (χ3v) is 5.00. The van der Waals surface area contributed by atoms with Crippen molar-refractivity contribution < 1.29 is 9.53 Å². The lowest BCUT2D eigenvalue weighted by Crippen LogP contribution is -2.49. The van der Waals surface area contributed by atoms with E-state index >= 15 is 0 Å². The number of amides is 1. The first-order chi connectivity index (χ1) is 11.0. The Balaban J connectivity index is 1.79. The third-order valence-electron chi connectivity index (χ3n) is 3.94. The maximum Gasteiger partial charge on any atom is 0.224 e. The van der Waals surface area contributed by atoms with E-state index in [2.05, 4.69) is 15.3 Å². The standard InChI is InChI=1S/C16H28N4O2S/c1-4-22-13(3)16-18-14(11-23-16)10-19-5-7-20(8-6-19)15(21)9-12(2)17/h11-13H,4-10,17H2,1-3H3. The number of thiazole rings is 1. The minimum absolute atomic E-state index is 0.0615. The molecule has 0 bridgehead atoms. The van der Waals surface area contributed by atoms with Crippen molar-refractivity contribution in [3.05, 3.63) is 16.1 Å². The molecule has 23 heavy (non-hydrogen) atoms. The molecule has 0 saturated carbocycles. The van der Waals surface area contributed by atoms with Crippen LogP contribution < -0.4 is 5.73 Å². The van der Waals surface area contributed by atoms with Crippen LogP contribution in [0.25, 0.3) is 0 Å². The van der Waals surface area contributed by atoms with Gasteiger partial charge in [-0.2, -0.15) is 0 Å². The summed E-state index contributed by atoms with van der Waals surface area (Å²) in [5.41, 5.74) is 6.79. The Labute approximate surface area is 142 Å². The van der Waals surface area contributed by atoms with Crippen LogP contribution in [-0.4, -0.2) is 59.5 Å². The van der Waals surface area contributed by atoms with E-state index in [-0.39, 0.29) is 18.1 Å². The van der Waals surface area contributed by atoms with Gasteiger partial charge in [-0.3, -0.25) is 9.69 Å². The van der Waals surface area contributed by atoms with Crippen LogP contribution in [0.2, 0.25) is 0 Å². The van der Waals surface area contributed by atoms with E-state index in [0.29, 0.717) is 13.0 Å². The minimum atomic E-state index is -0.0683. The number of hydrogen-bond donors (Lipinski definition) is 1. The lowest BCUT2D eigenvalue weighted by atomic mass is 10.2. The quantitative estimate of drug-likeness (QED) is 0.817. The number of ether oxygens (including phenoxy) is 1. The van der Waals surface area contributed by atoms with Crippen molar-refractivity contribution >= 4 is 17.2 Å². The van der Waals surface area contributed by atoms with Crippen LogP contribution >= 0.6 is 11.3 Å². The lowest BCUT2D eigenvalue weighted by molar-refractivity contribution is -0.133. The average molecular weight is 340 g/mol. The molecule has 1 fully saturated rings. The molecule has 0 aliphatic carbocycles. The number of carbonyl (C=O) groups is 1. The number of carbonyl (C=O) groups excluding carboxylic acids is 1. The summed E-state index contributed by atoms with van der Waals surface area (Å²) in [6.07, 6.45) is 0.497. The highest BCUT2D eigenvalue weighted by molar-refractivity contribution is 7.09. The van der Waals surface area contributed by atoms with Gasteiger partial charge in [0.25, 0.3) is 0 Å². The fourth-order valence-corrected chi connectivity index (χ4v) is 3.51. The highest BCUT2D eigenvalue weighted by Gasteiger charge is 2.22. The second-order valence-corrected chi connectivity index (χ2v) is 7.00. The fourth-order valence-electron chi connectivity index (χ4n) is 2.69. The first kappa shape index (κ1) is 18.3. The van der Waals surface area contributed by atoms with Crippen molar-refractivity contribution in [3.8, 4) is 0 Å². The summed E-state index contributed by atoms with van der Waals surface area (Å²) in [5.74, 6) is 0.168. The van der Waals surface area contributed by atoms with Crippen LogP contribution in [0.4, 0.5) is 0 Å². The molecule has 2 unspecified atom stereocenters. The van der Waals surface area contributed by atoms with E-state index in [1.807, 2.05) is 25.7 Å². The molecule has 1 aromatic rings. The summed E-state index contributed by atoms with van der Waals surface area (Å²) in [5, 5.41) is 3.14. The second-order valence-electron chi connectivity index (χ2n) is 6.11. The summed E-state index contributed by atoms with van der Waals surface area (Å²) in [6, 6.07) is -0.0683. The summed E-state index contributed by atoms with van der Waals surface area (Å²) in [6.45, 7) is 10.8. The predicted octanol–water partition coefficient (Wildman–Crippen LogP) is 1.62. The molecule has 1 aromatic heterocycles. The molecule has 1 amide bonds. The van der Waals surface area contributed by atoms with Crippen molar-refractivity contribution in [3.63, 3.8) is 0 Å². The molecule has 2 N–H and O–H groups in total. The normalized spacial score (nSPS) is 18.9. The van der Waals surface area contributed by atoms with Crippen LogP contribution in [0.5, 0.6) is 0 Å². The van der Waals surface area contributed by atoms with Gasteiger partial charge in [0.15, 0.2) is 0 Å². The molecule has 0 aromatic carbocycles. The van der Waals surface area contributed by atoms with E-state index in [1.54, 1.807) is 11.3 Å². The first-order valence-corrected chi connectivity index (χ1v) is 9.19. The van der Waals surface area contributed by atoms with E-state index in [1.165, 1.54) is 0 Å². The molecule has 0 radical (unpaired) electrons. The van der Waals surface area contributed by atoms with E-state index < -0.39 is 0 Å². The summed E-state index contributed by atoms with van der Waals surface area (Å²) in [4.78, 5) is 21.0. The number of hydrogen-bond acceptors (Lipinski definition) is 6. The highest BCUT2D eigenvalue weighted by Crippen LogP contribution is 2.22. The SMILES string of the molecule is CCOC(C)c1nc(CN2CCN(C(=O)CC(C)N)CC2)cs1. The maximum absolute atomic E-state index is 12.0. The van der Waals surface area contributed by atoms with Crippen molar-refractivity contribution in [2.24, 2.45) is 5.73 Å². The topological polar surface area (TPSA) is 71.7 Å². The van der Waals surface area contributed by atoms with Gasteiger partial charge in [0.1, 0.15) is 11.1 Å². The number of rotatable bonds is 7. The van der Waals surface area contributed by atoms with E-state index in [9.17, 15) is 4.79 Å². The number of aromatic nitrogens is 1. The average Bonchev–Trinajstić information content (AvgIpc) is 2.96. The molecule has 7 heteroatoms. The van der Waals surface area contributed by atoms with Gasteiger partial charge in [0.2, 0.25) is 5.91 Å². The molecule has 0 spiro atoms. The minimum Gasteiger partial charge on any atom is -0.372 e. The zero-order valence-electron chi connectivity index (χ0n) is 14.3. The third kappa shape index (κ3) is 5.53. The van der Waals surface area contributed by atoms with Gasteiger partial charge in [0.05, 0.1) is 5.69 Å². The molecule has 2 atom stereocenters. The highest BCUT2D eigenvalue weighted by atomic mass is 32.1. The van der Waals surface area contributed by atoms with E-state index in [0.717, 1.165) is 43.4 Å². The molecule has 2 heterocycles. The van der Waals surface area contributed by atoms with Crippen LogP contribution in [0.1, 0.15) is 44.0 Å². The zero-order valence-corrected chi connectivity index (χ0v) is 15.1. The smallest absolute Gasteiger partial charge is 0.224 e. The zero-order chi connectivity index (χ0) is 16.8. The maximum atomic E-state index is 12.0. The Hall–Kier alpha value is -1.02. The predicted molar refractivity (Wildman–Crippen MR) is 92.3 cm³/mol. The second kappa shape index (κ2) is 8.73. The lowest BCUT2D eigenvalue weighted by Gasteiger charge is -2.34. The molecule has 1 aliphatic heterocycles. The van der Waals surface area contributed by atoms with Gasteiger partial charge in [-0.15, -0.1) is 11.3 Å². The Bertz CT molecular complexity index is 498. The molecule has 6 nitrogen and oxygen atoms in total. The monoisotopic (exact) mass is 340 g/mol. The summed E-state index contributed by atoms with van der Waals surface area (Å²) in [7, 11) is 0. The van der Waals surface area contributed by atoms with Gasteiger partial charge in [-0.1, -0.05) is 0 Å². The van der Waals surface area contributed by atoms with Crippen LogP contribution in [0, 0.1) is 0 Å². The summed E-state index contributed by atoms with van der Waals surface area (Å²) >= 11 is 1.66. The van der Waals surface area contributed by atoms with Crippen molar-refractivity contribution in [2.75, 3.05) is 32.8 Å². The van der Waals surface area contributed by atoms with Gasteiger partial charge in [-0.25, -0.2) is 4.98 Å². The number of nitrogens with zero attached hydrogens (tertiary/aromatic N) is 3. The molecular weight excluding hydrogens is 312 g/mol. The fraction of sp³-hybridized carbons (Fsp3) is 0.750. The van der Waals surface area contributed by atoms with Crippen LogP contribution in [0.15, 0.2) is 5.38 Å². The van der Waals surface area contributed by atoms with E-state index in [4.69, 9.17) is 10.5 Å². The molecule has 1 aliphatic rings. The Morgan fingerprint density at radius 3 is 2.70 bits per heavy atom. The van der Waals surface area contributed by atoms with Gasteiger partial charge in [0, 0.05) is 57.2 Å². The van der Waals surface area contributed by atoms with Gasteiger partial charge < -0.3 is 15.4 Å². The van der Waals surface area contributed by atoms with Crippen molar-refractivity contribution in [1.82, 2.24) is 14.8 Å². The van der Waals surface area contributed by atoms with Gasteiger partial charge >= 0.3 is 0 Å². The Kier molecular flexibility index (Phi) is 6.95. The van der Waals surface area contributed by atoms with Crippen molar-refractivity contribution in [1.29, 1.82) is 0 Å². The van der Waals surface area contributed by atoms with Crippen LogP contribution in [0.3, 0.4) is 0 Å². The van der Waals surface area contributed by atoms with Crippen molar-refractivity contribution in [2.45, 2.75) is 45.9 Å². The number of piperazine rings is 1. The number of nitrogens with two attached hydrogens (primary N) is 1. The molecule has 2 rings (SSSR count). The summed E-state index contributed by atoms with van der Waals surface area (Å²) < 4.78 is 5.58. The Morgan fingerprint density at radius 2 is 2.09 bits per heavy atom. The molecule has 130 valence electrons. The Morgan fingerprint density at radius 1 is 1.39 bits per heavy atom. The molecular formula is C16H28N4O2S. The molecule has 1 saturated heterocycles. The van der Waals surface area contributed by atoms with Crippen LogP contribution in [-0.2, 0) is 16.1 Å². The largest absolute Gasteiger partial charge is 0.372 e. The van der Waals surface area contributed by atoms with Gasteiger partial charge in [-0.05, 0) is 20.8 Å². The first-order valence-electron chi connectivity index (χ1n) is 8.31.